The lowest BCUT2D eigenvalue weighted by atomic mass is 10.0. The number of quaternary nitrogens is 1. The summed E-state index contributed by atoms with van der Waals surface area (Å²) in [5.74, 6) is -1.11. The van der Waals surface area contributed by atoms with Crippen molar-refractivity contribution >= 4 is 19.8 Å². The van der Waals surface area contributed by atoms with E-state index in [1.165, 1.54) is 12.8 Å². The zero-order valence-corrected chi connectivity index (χ0v) is 35.1. The number of aliphatic hydroxyl groups excluding tert-OH is 2. The Balaban J connectivity index is 4.67. The SMILES string of the molecule is CC/C=C\C/C=C\C/C=C\C/C=C\C[C@H](O)[C@@H](O)CCCC(=O)OC[C@H](COP(=O)(O)OCC[N+](C)(C)C)OC(=O)CCCCCCC/C=C\CCCC. The van der Waals surface area contributed by atoms with E-state index in [0.29, 0.717) is 23.9 Å². The van der Waals surface area contributed by atoms with Gasteiger partial charge in [-0.15, -0.1) is 0 Å². The number of nitrogens with zero attached hydrogens (tertiary/aromatic N) is 1. The standard InChI is InChI=1S/C42H74NO10P/c1-6-8-10-12-14-16-18-20-21-23-25-27-30-39(44)40(45)31-29-33-41(46)50-36-38(37-52-54(48,49)51-35-34-43(3,4)5)53-42(47)32-28-26-24-22-19-17-15-13-11-9-7-2/h8,10,13-16,20-21,25,27,38-40,44-45H,6-7,9,11-12,17-19,22-24,26,28-37H2,1-5H3/p+1/b10-8-,15-13-,16-14-,21-20-,27-25-/t38-,39+,40+/m1/s1. The summed E-state index contributed by atoms with van der Waals surface area (Å²) in [6.07, 6.45) is 31.7. The molecular weight excluding hydrogens is 709 g/mol. The summed E-state index contributed by atoms with van der Waals surface area (Å²) in [4.78, 5) is 35.3. The molecule has 54 heavy (non-hydrogen) atoms. The number of rotatable bonds is 35. The number of allylic oxidation sites excluding steroid dienone is 9. The number of hydrogen-bond acceptors (Lipinski definition) is 9. The molecule has 0 saturated carbocycles. The predicted octanol–water partition coefficient (Wildman–Crippen LogP) is 8.85. The molecule has 0 aromatic carbocycles. The van der Waals surface area contributed by atoms with Gasteiger partial charge in [0.05, 0.1) is 40.0 Å². The van der Waals surface area contributed by atoms with Crippen molar-refractivity contribution in [3.63, 3.8) is 0 Å². The first-order chi connectivity index (χ1) is 25.8. The summed E-state index contributed by atoms with van der Waals surface area (Å²) in [5.41, 5.74) is 0. The van der Waals surface area contributed by atoms with Crippen LogP contribution in [0, 0.1) is 0 Å². The van der Waals surface area contributed by atoms with Crippen molar-refractivity contribution in [3.8, 4) is 0 Å². The van der Waals surface area contributed by atoms with E-state index in [2.05, 4.69) is 62.5 Å². The van der Waals surface area contributed by atoms with E-state index in [9.17, 15) is 29.3 Å². The van der Waals surface area contributed by atoms with Crippen molar-refractivity contribution < 1.29 is 52.3 Å². The Morgan fingerprint density at radius 3 is 1.87 bits per heavy atom. The summed E-state index contributed by atoms with van der Waals surface area (Å²) >= 11 is 0. The average molecular weight is 785 g/mol. The number of carbonyl (C=O) groups is 2. The number of ether oxygens (including phenoxy) is 2. The van der Waals surface area contributed by atoms with E-state index in [0.717, 1.165) is 64.2 Å². The van der Waals surface area contributed by atoms with Gasteiger partial charge in [0.25, 0.3) is 0 Å². The van der Waals surface area contributed by atoms with E-state index in [-0.39, 0.29) is 38.9 Å². The lowest BCUT2D eigenvalue weighted by molar-refractivity contribution is -0.870. The van der Waals surface area contributed by atoms with E-state index in [4.69, 9.17) is 18.5 Å². The number of phosphoric acid groups is 1. The number of aliphatic hydroxyl groups is 2. The molecule has 0 aliphatic carbocycles. The Morgan fingerprint density at radius 1 is 0.667 bits per heavy atom. The highest BCUT2D eigenvalue weighted by atomic mass is 31.2. The Bertz CT molecular complexity index is 1140. The third-order valence-corrected chi connectivity index (χ3v) is 9.22. The normalized spacial score (nSPS) is 15.5. The van der Waals surface area contributed by atoms with Gasteiger partial charge in [-0.25, -0.2) is 4.57 Å². The molecule has 0 saturated heterocycles. The van der Waals surface area contributed by atoms with E-state index in [1.54, 1.807) is 0 Å². The van der Waals surface area contributed by atoms with Crippen LogP contribution in [0.5, 0.6) is 0 Å². The number of carbonyl (C=O) groups excluding carboxylic acids is 2. The molecule has 0 aliphatic heterocycles. The smallest absolute Gasteiger partial charge is 0.462 e. The number of hydrogen-bond donors (Lipinski definition) is 3. The van der Waals surface area contributed by atoms with Gasteiger partial charge in [-0.1, -0.05) is 107 Å². The summed E-state index contributed by atoms with van der Waals surface area (Å²) in [5, 5.41) is 20.7. The third kappa shape index (κ3) is 35.3. The molecule has 0 spiro atoms. The minimum Gasteiger partial charge on any atom is -0.462 e. The first kappa shape index (κ1) is 51.6. The van der Waals surface area contributed by atoms with Crippen LogP contribution in [0.2, 0.25) is 0 Å². The number of likely N-dealkylation sites (N-methyl/N-ethyl adjacent to an activating group) is 1. The fourth-order valence-corrected chi connectivity index (χ4v) is 5.65. The molecule has 3 N–H and O–H groups in total. The number of esters is 2. The molecule has 0 aromatic heterocycles. The first-order valence-electron chi connectivity index (χ1n) is 20.2. The van der Waals surface area contributed by atoms with Gasteiger partial charge in [0, 0.05) is 12.8 Å². The minimum atomic E-state index is -4.44. The zero-order chi connectivity index (χ0) is 40.3. The summed E-state index contributed by atoms with van der Waals surface area (Å²) in [6, 6.07) is 0. The van der Waals surface area contributed by atoms with E-state index < -0.39 is 44.7 Å². The average Bonchev–Trinajstić information content (AvgIpc) is 3.11. The third-order valence-electron chi connectivity index (χ3n) is 8.23. The molecule has 0 rings (SSSR count). The molecule has 0 aromatic rings. The van der Waals surface area contributed by atoms with Crippen LogP contribution in [0.15, 0.2) is 60.8 Å². The van der Waals surface area contributed by atoms with Gasteiger partial charge in [-0.05, 0) is 70.6 Å². The monoisotopic (exact) mass is 785 g/mol. The van der Waals surface area contributed by atoms with Crippen LogP contribution < -0.4 is 0 Å². The molecule has 312 valence electrons. The zero-order valence-electron chi connectivity index (χ0n) is 34.2. The highest BCUT2D eigenvalue weighted by Gasteiger charge is 2.27. The summed E-state index contributed by atoms with van der Waals surface area (Å²) in [6.45, 7) is 3.88. The predicted molar refractivity (Wildman–Crippen MR) is 218 cm³/mol. The topological polar surface area (TPSA) is 149 Å². The first-order valence-corrected chi connectivity index (χ1v) is 21.7. The fourth-order valence-electron chi connectivity index (χ4n) is 4.90. The Morgan fingerprint density at radius 2 is 1.24 bits per heavy atom. The molecule has 1 unspecified atom stereocenters. The van der Waals surface area contributed by atoms with Crippen molar-refractivity contribution in [2.24, 2.45) is 0 Å². The maximum absolute atomic E-state index is 12.6. The van der Waals surface area contributed by atoms with Crippen LogP contribution in [-0.4, -0.2) is 97.3 Å². The van der Waals surface area contributed by atoms with Crippen LogP contribution in [0.4, 0.5) is 0 Å². The summed E-state index contributed by atoms with van der Waals surface area (Å²) < 4.78 is 33.9. The second-order valence-electron chi connectivity index (χ2n) is 14.6. The molecular formula is C42H75NO10P+. The molecule has 12 heteroatoms. The van der Waals surface area contributed by atoms with Gasteiger partial charge >= 0.3 is 19.8 Å². The molecule has 0 bridgehead atoms. The van der Waals surface area contributed by atoms with Gasteiger partial charge in [0.1, 0.15) is 19.8 Å². The van der Waals surface area contributed by atoms with Crippen molar-refractivity contribution in [2.75, 3.05) is 47.5 Å². The number of unbranched alkanes of at least 4 members (excludes halogenated alkanes) is 7. The lowest BCUT2D eigenvalue weighted by Gasteiger charge is -2.24. The quantitative estimate of drug-likeness (QED) is 0.0187. The van der Waals surface area contributed by atoms with Crippen LogP contribution in [0.25, 0.3) is 0 Å². The van der Waals surface area contributed by atoms with Crippen LogP contribution in [0.1, 0.15) is 129 Å². The minimum absolute atomic E-state index is 0.0180. The van der Waals surface area contributed by atoms with Crippen LogP contribution >= 0.6 is 7.82 Å². The van der Waals surface area contributed by atoms with E-state index >= 15 is 0 Å². The Kier molecular flexibility index (Phi) is 32.4. The molecule has 0 radical (unpaired) electrons. The molecule has 11 nitrogen and oxygen atoms in total. The highest BCUT2D eigenvalue weighted by molar-refractivity contribution is 7.47. The van der Waals surface area contributed by atoms with Gasteiger partial charge < -0.3 is 29.1 Å². The van der Waals surface area contributed by atoms with Crippen molar-refractivity contribution in [3.05, 3.63) is 60.8 Å². The van der Waals surface area contributed by atoms with E-state index in [1.807, 2.05) is 33.3 Å². The van der Waals surface area contributed by atoms with Gasteiger partial charge in [-0.2, -0.15) is 0 Å². The maximum atomic E-state index is 12.6. The summed E-state index contributed by atoms with van der Waals surface area (Å²) in [7, 11) is 1.30. The molecule has 0 amide bonds. The Hall–Kier alpha value is -2.37. The van der Waals surface area contributed by atoms with Crippen molar-refractivity contribution in [1.82, 2.24) is 0 Å². The molecule has 0 heterocycles. The largest absolute Gasteiger partial charge is 0.472 e. The molecule has 4 atom stereocenters. The highest BCUT2D eigenvalue weighted by Crippen LogP contribution is 2.43. The molecule has 0 aliphatic rings. The Labute approximate surface area is 327 Å². The second-order valence-corrected chi connectivity index (χ2v) is 16.0. The lowest BCUT2D eigenvalue weighted by Crippen LogP contribution is -2.37. The van der Waals surface area contributed by atoms with Gasteiger partial charge in [0.15, 0.2) is 6.10 Å². The fraction of sp³-hybridized carbons (Fsp3) is 0.714. The van der Waals surface area contributed by atoms with Crippen LogP contribution in [0.3, 0.4) is 0 Å². The van der Waals surface area contributed by atoms with Gasteiger partial charge in [0.2, 0.25) is 0 Å². The van der Waals surface area contributed by atoms with Crippen molar-refractivity contribution in [1.29, 1.82) is 0 Å². The second kappa shape index (κ2) is 33.9. The van der Waals surface area contributed by atoms with Crippen molar-refractivity contribution in [2.45, 2.75) is 148 Å². The number of phosphoric ester groups is 1. The van der Waals surface area contributed by atoms with Gasteiger partial charge in [-0.3, -0.25) is 18.6 Å². The van der Waals surface area contributed by atoms with Crippen LogP contribution in [-0.2, 0) is 32.7 Å². The maximum Gasteiger partial charge on any atom is 0.472 e. The molecule has 0 fully saturated rings.